The molecular formula is C19H20N2O5. The predicted octanol–water partition coefficient (Wildman–Crippen LogP) is 2.38. The summed E-state index contributed by atoms with van der Waals surface area (Å²) < 4.78 is 21.7. The zero-order valence-electron chi connectivity index (χ0n) is 14.8. The van der Waals surface area contributed by atoms with Crippen LogP contribution in [0.25, 0.3) is 0 Å². The summed E-state index contributed by atoms with van der Waals surface area (Å²) in [6.07, 6.45) is -0.765. The van der Waals surface area contributed by atoms with E-state index in [1.807, 2.05) is 18.2 Å². The third kappa shape index (κ3) is 3.72. The van der Waals surface area contributed by atoms with Gasteiger partial charge in [0, 0.05) is 11.6 Å². The van der Waals surface area contributed by atoms with Crippen LogP contribution in [0.4, 0.5) is 0 Å². The standard InChI is InChI=1S/C19H20N2O5/c1-12(14-9-8-13(23-2)10-17(14)24-3)20-21-19(22)18-11-25-15-6-4-5-7-16(15)26-18/h4-10,18H,11H2,1-3H3,(H,21,22)/b20-12-/t18-/m0/s1. The van der Waals surface area contributed by atoms with Gasteiger partial charge in [0.05, 0.1) is 19.9 Å². The fourth-order valence-corrected chi connectivity index (χ4v) is 2.52. The molecule has 0 fully saturated rings. The predicted molar refractivity (Wildman–Crippen MR) is 96.3 cm³/mol. The van der Waals surface area contributed by atoms with Crippen molar-refractivity contribution in [3.8, 4) is 23.0 Å². The lowest BCUT2D eigenvalue weighted by molar-refractivity contribution is -0.130. The summed E-state index contributed by atoms with van der Waals surface area (Å²) in [6.45, 7) is 1.90. The van der Waals surface area contributed by atoms with Crippen molar-refractivity contribution in [3.63, 3.8) is 0 Å². The van der Waals surface area contributed by atoms with Gasteiger partial charge in [0.2, 0.25) is 6.10 Å². The van der Waals surface area contributed by atoms with Crippen LogP contribution in [0.1, 0.15) is 12.5 Å². The van der Waals surface area contributed by atoms with E-state index in [0.29, 0.717) is 28.7 Å². The number of carbonyl (C=O) groups excluding carboxylic acids is 1. The highest BCUT2D eigenvalue weighted by molar-refractivity contribution is 6.01. The Balaban J connectivity index is 1.69. The van der Waals surface area contributed by atoms with E-state index in [1.165, 1.54) is 0 Å². The number of carbonyl (C=O) groups is 1. The molecule has 1 aliphatic heterocycles. The maximum Gasteiger partial charge on any atom is 0.284 e. The van der Waals surface area contributed by atoms with Crippen molar-refractivity contribution in [1.82, 2.24) is 5.43 Å². The van der Waals surface area contributed by atoms with E-state index in [2.05, 4.69) is 10.5 Å². The van der Waals surface area contributed by atoms with Crippen LogP contribution in [0.3, 0.4) is 0 Å². The normalized spacial score (nSPS) is 16.0. The Morgan fingerprint density at radius 3 is 2.65 bits per heavy atom. The molecule has 1 aliphatic rings. The molecule has 7 nitrogen and oxygen atoms in total. The van der Waals surface area contributed by atoms with Gasteiger partial charge in [-0.15, -0.1) is 0 Å². The van der Waals surface area contributed by atoms with Gasteiger partial charge in [0.15, 0.2) is 11.5 Å². The van der Waals surface area contributed by atoms with Crippen molar-refractivity contribution >= 4 is 11.6 Å². The third-order valence-electron chi connectivity index (χ3n) is 3.93. The SMILES string of the molecule is COc1ccc(/C(C)=N\NC(=O)[C@@H]2COc3ccccc3O2)c(OC)c1. The molecule has 1 heterocycles. The molecule has 0 saturated heterocycles. The molecule has 26 heavy (non-hydrogen) atoms. The van der Waals surface area contributed by atoms with Gasteiger partial charge in [-0.05, 0) is 31.2 Å². The monoisotopic (exact) mass is 356 g/mol. The lowest BCUT2D eigenvalue weighted by Crippen LogP contribution is -2.42. The van der Waals surface area contributed by atoms with E-state index >= 15 is 0 Å². The number of methoxy groups -OCH3 is 2. The molecule has 2 aromatic rings. The van der Waals surface area contributed by atoms with Crippen LogP contribution >= 0.6 is 0 Å². The number of amides is 1. The third-order valence-corrected chi connectivity index (χ3v) is 3.93. The van der Waals surface area contributed by atoms with Crippen molar-refractivity contribution < 1.29 is 23.7 Å². The molecule has 0 bridgehead atoms. The summed E-state index contributed by atoms with van der Waals surface area (Å²) in [7, 11) is 3.15. The number of hydrogen-bond acceptors (Lipinski definition) is 6. The van der Waals surface area contributed by atoms with Crippen LogP contribution < -0.4 is 24.4 Å². The van der Waals surface area contributed by atoms with E-state index in [-0.39, 0.29) is 12.5 Å². The van der Waals surface area contributed by atoms with Gasteiger partial charge >= 0.3 is 0 Å². The molecule has 0 spiro atoms. The Morgan fingerprint density at radius 2 is 1.92 bits per heavy atom. The Labute approximate surface area is 151 Å². The smallest absolute Gasteiger partial charge is 0.284 e. The number of fused-ring (bicyclic) bond motifs is 1. The Bertz CT molecular complexity index is 834. The van der Waals surface area contributed by atoms with E-state index in [1.54, 1.807) is 45.4 Å². The van der Waals surface area contributed by atoms with E-state index < -0.39 is 6.10 Å². The van der Waals surface area contributed by atoms with Crippen molar-refractivity contribution in [2.24, 2.45) is 5.10 Å². The quantitative estimate of drug-likeness (QED) is 0.657. The minimum absolute atomic E-state index is 0.128. The molecule has 1 N–H and O–H groups in total. The van der Waals surface area contributed by atoms with Crippen molar-refractivity contribution in [2.45, 2.75) is 13.0 Å². The van der Waals surface area contributed by atoms with Gasteiger partial charge in [0.1, 0.15) is 18.1 Å². The minimum atomic E-state index is -0.765. The van der Waals surface area contributed by atoms with Crippen molar-refractivity contribution in [3.05, 3.63) is 48.0 Å². The zero-order chi connectivity index (χ0) is 18.5. The Kier molecular flexibility index (Phi) is 5.26. The molecule has 0 unspecified atom stereocenters. The minimum Gasteiger partial charge on any atom is -0.497 e. The number of ether oxygens (including phenoxy) is 4. The first-order valence-corrected chi connectivity index (χ1v) is 8.07. The highest BCUT2D eigenvalue weighted by Crippen LogP contribution is 2.31. The first-order valence-electron chi connectivity index (χ1n) is 8.07. The van der Waals surface area contributed by atoms with Crippen LogP contribution in [-0.4, -0.2) is 38.5 Å². The van der Waals surface area contributed by atoms with Crippen LogP contribution in [0, 0.1) is 0 Å². The number of nitrogens with zero attached hydrogens (tertiary/aromatic N) is 1. The number of para-hydroxylation sites is 2. The van der Waals surface area contributed by atoms with Crippen molar-refractivity contribution in [1.29, 1.82) is 0 Å². The number of hydrazone groups is 1. The molecule has 1 amide bonds. The molecule has 1 atom stereocenters. The van der Waals surface area contributed by atoms with Gasteiger partial charge in [-0.25, -0.2) is 5.43 Å². The molecule has 0 radical (unpaired) electrons. The summed E-state index contributed by atoms with van der Waals surface area (Å²) in [6, 6.07) is 12.6. The molecule has 0 saturated carbocycles. The lowest BCUT2D eigenvalue weighted by Gasteiger charge is -2.24. The number of nitrogens with one attached hydrogen (secondary N) is 1. The van der Waals surface area contributed by atoms with Gasteiger partial charge in [0.25, 0.3) is 5.91 Å². The average molecular weight is 356 g/mol. The highest BCUT2D eigenvalue weighted by Gasteiger charge is 2.27. The van der Waals surface area contributed by atoms with Crippen LogP contribution in [0.15, 0.2) is 47.6 Å². The highest BCUT2D eigenvalue weighted by atomic mass is 16.6. The van der Waals surface area contributed by atoms with Gasteiger partial charge in [-0.1, -0.05) is 12.1 Å². The summed E-state index contributed by atoms with van der Waals surface area (Å²) in [5.74, 6) is 2.06. The fourth-order valence-electron chi connectivity index (χ4n) is 2.52. The topological polar surface area (TPSA) is 78.4 Å². The molecule has 136 valence electrons. The molecule has 2 aromatic carbocycles. The maximum atomic E-state index is 12.3. The van der Waals surface area contributed by atoms with E-state index in [0.717, 1.165) is 5.56 Å². The van der Waals surface area contributed by atoms with Crippen LogP contribution in [0.2, 0.25) is 0 Å². The second kappa shape index (κ2) is 7.77. The van der Waals surface area contributed by atoms with Gasteiger partial charge in [-0.2, -0.15) is 5.10 Å². The fraction of sp³-hybridized carbons (Fsp3) is 0.263. The molecule has 7 heteroatoms. The molecular weight excluding hydrogens is 336 g/mol. The summed E-state index contributed by atoms with van der Waals surface area (Å²) in [5, 5.41) is 4.15. The molecule has 0 aromatic heterocycles. The maximum absolute atomic E-state index is 12.3. The van der Waals surface area contributed by atoms with E-state index in [4.69, 9.17) is 18.9 Å². The number of benzene rings is 2. The zero-order valence-corrected chi connectivity index (χ0v) is 14.8. The van der Waals surface area contributed by atoms with Crippen LogP contribution in [-0.2, 0) is 4.79 Å². The first kappa shape index (κ1) is 17.6. The summed E-state index contributed by atoms with van der Waals surface area (Å²) in [5.41, 5.74) is 3.86. The lowest BCUT2D eigenvalue weighted by atomic mass is 10.1. The first-order chi connectivity index (χ1) is 12.6. The largest absolute Gasteiger partial charge is 0.497 e. The van der Waals surface area contributed by atoms with E-state index in [9.17, 15) is 4.79 Å². The summed E-state index contributed by atoms with van der Waals surface area (Å²) in [4.78, 5) is 12.3. The molecule has 0 aliphatic carbocycles. The average Bonchev–Trinajstić information content (AvgIpc) is 2.70. The Morgan fingerprint density at radius 1 is 1.15 bits per heavy atom. The number of rotatable bonds is 5. The second-order valence-corrected chi connectivity index (χ2v) is 5.60. The summed E-state index contributed by atoms with van der Waals surface area (Å²) >= 11 is 0. The van der Waals surface area contributed by atoms with Crippen molar-refractivity contribution in [2.75, 3.05) is 20.8 Å². The van der Waals surface area contributed by atoms with Gasteiger partial charge in [-0.3, -0.25) is 4.79 Å². The van der Waals surface area contributed by atoms with Crippen LogP contribution in [0.5, 0.6) is 23.0 Å². The number of hydrogen-bond donors (Lipinski definition) is 1. The molecule has 3 rings (SSSR count). The van der Waals surface area contributed by atoms with Gasteiger partial charge < -0.3 is 18.9 Å². The second-order valence-electron chi connectivity index (χ2n) is 5.60. The Hall–Kier alpha value is -3.22.